The summed E-state index contributed by atoms with van der Waals surface area (Å²) in [4.78, 5) is 28.6. The minimum absolute atomic E-state index is 0.0456. The van der Waals surface area contributed by atoms with Crippen molar-refractivity contribution < 1.29 is 22.4 Å². The second-order valence-electron chi connectivity index (χ2n) is 9.27. The molecule has 1 N–H and O–H groups in total. The van der Waals surface area contributed by atoms with E-state index >= 15 is 0 Å². The van der Waals surface area contributed by atoms with E-state index in [1.165, 1.54) is 60.5 Å². The summed E-state index contributed by atoms with van der Waals surface area (Å²) in [7, 11) is -2.74. The van der Waals surface area contributed by atoms with Gasteiger partial charge in [-0.25, -0.2) is 12.8 Å². The number of nitrogens with zero attached hydrogens (tertiary/aromatic N) is 2. The monoisotopic (exact) mass is 593 g/mol. The third-order valence-corrected chi connectivity index (χ3v) is 8.55. The van der Waals surface area contributed by atoms with Crippen molar-refractivity contribution in [2.75, 3.05) is 17.9 Å². The third kappa shape index (κ3) is 7.50. The number of hydrogen-bond acceptors (Lipinski definition) is 4. The first-order valence-corrected chi connectivity index (χ1v) is 14.6. The van der Waals surface area contributed by atoms with Crippen LogP contribution in [0.15, 0.2) is 114 Å². The summed E-state index contributed by atoms with van der Waals surface area (Å²) in [6.07, 6.45) is 0.183. The number of carbonyl (C=O) groups is 2. The maximum atomic E-state index is 14.1. The molecule has 1 atom stereocenters. The van der Waals surface area contributed by atoms with Gasteiger partial charge in [-0.1, -0.05) is 72.3 Å². The zero-order valence-electron chi connectivity index (χ0n) is 22.3. The van der Waals surface area contributed by atoms with Gasteiger partial charge in [-0.3, -0.25) is 13.9 Å². The number of para-hydroxylation sites is 1. The maximum absolute atomic E-state index is 14.1. The molecular weight excluding hydrogens is 565 g/mol. The molecule has 0 spiro atoms. The molecule has 0 aromatic heterocycles. The van der Waals surface area contributed by atoms with E-state index in [0.717, 1.165) is 9.87 Å². The van der Waals surface area contributed by atoms with Crippen LogP contribution in [0.1, 0.15) is 11.1 Å². The Morgan fingerprint density at radius 3 is 2.00 bits per heavy atom. The van der Waals surface area contributed by atoms with Crippen LogP contribution in [-0.2, 0) is 32.6 Å². The zero-order valence-corrected chi connectivity index (χ0v) is 23.9. The van der Waals surface area contributed by atoms with Crippen molar-refractivity contribution in [3.05, 3.63) is 131 Å². The summed E-state index contributed by atoms with van der Waals surface area (Å²) in [5.74, 6) is -1.47. The summed E-state index contributed by atoms with van der Waals surface area (Å²) in [5, 5.41) is 2.99. The molecule has 10 heteroatoms. The number of nitrogens with one attached hydrogen (secondary N) is 1. The third-order valence-electron chi connectivity index (χ3n) is 6.51. The van der Waals surface area contributed by atoms with Crippen molar-refractivity contribution in [1.82, 2.24) is 10.2 Å². The Bertz CT molecular complexity index is 1570. The minimum atomic E-state index is -4.21. The van der Waals surface area contributed by atoms with E-state index in [0.29, 0.717) is 10.6 Å². The molecule has 41 heavy (non-hydrogen) atoms. The first-order valence-electron chi connectivity index (χ1n) is 12.8. The van der Waals surface area contributed by atoms with E-state index in [4.69, 9.17) is 11.6 Å². The van der Waals surface area contributed by atoms with Gasteiger partial charge in [-0.15, -0.1) is 0 Å². The summed E-state index contributed by atoms with van der Waals surface area (Å²) < 4.78 is 42.4. The largest absolute Gasteiger partial charge is 0.357 e. The molecule has 0 unspecified atom stereocenters. The fraction of sp³-hybridized carbons (Fsp3) is 0.161. The lowest BCUT2D eigenvalue weighted by atomic mass is 10.0. The molecule has 0 aliphatic heterocycles. The molecule has 0 fully saturated rings. The van der Waals surface area contributed by atoms with Gasteiger partial charge in [0.2, 0.25) is 11.8 Å². The average Bonchev–Trinajstić information content (AvgIpc) is 2.99. The highest BCUT2D eigenvalue weighted by atomic mass is 35.5. The van der Waals surface area contributed by atoms with Gasteiger partial charge in [0.25, 0.3) is 10.0 Å². The zero-order chi connectivity index (χ0) is 29.4. The number of anilines is 1. The van der Waals surface area contributed by atoms with Gasteiger partial charge in [0.15, 0.2) is 0 Å². The Balaban J connectivity index is 1.76. The molecule has 0 bridgehead atoms. The lowest BCUT2D eigenvalue weighted by Crippen LogP contribution is -2.53. The van der Waals surface area contributed by atoms with Crippen molar-refractivity contribution in [3.63, 3.8) is 0 Å². The van der Waals surface area contributed by atoms with Crippen LogP contribution in [0, 0.1) is 5.82 Å². The molecule has 2 amide bonds. The van der Waals surface area contributed by atoms with Gasteiger partial charge in [0, 0.05) is 25.0 Å². The van der Waals surface area contributed by atoms with Gasteiger partial charge in [-0.2, -0.15) is 0 Å². The van der Waals surface area contributed by atoms with E-state index in [1.807, 2.05) is 30.3 Å². The van der Waals surface area contributed by atoms with Crippen LogP contribution in [0.3, 0.4) is 0 Å². The van der Waals surface area contributed by atoms with Crippen LogP contribution in [0.2, 0.25) is 5.02 Å². The molecule has 0 aliphatic rings. The topological polar surface area (TPSA) is 86.8 Å². The molecule has 0 heterocycles. The Morgan fingerprint density at radius 2 is 1.41 bits per heavy atom. The number of hydrogen-bond donors (Lipinski definition) is 1. The van der Waals surface area contributed by atoms with Crippen LogP contribution < -0.4 is 9.62 Å². The number of amides is 2. The predicted octanol–water partition coefficient (Wildman–Crippen LogP) is 5.06. The van der Waals surface area contributed by atoms with E-state index in [1.54, 1.807) is 30.3 Å². The fourth-order valence-electron chi connectivity index (χ4n) is 4.36. The lowest BCUT2D eigenvalue weighted by molar-refractivity contribution is -0.139. The van der Waals surface area contributed by atoms with Crippen LogP contribution in [0.5, 0.6) is 0 Å². The highest BCUT2D eigenvalue weighted by Gasteiger charge is 2.34. The summed E-state index contributed by atoms with van der Waals surface area (Å²) in [6, 6.07) is 27.7. The average molecular weight is 594 g/mol. The van der Waals surface area contributed by atoms with Crippen molar-refractivity contribution in [3.8, 4) is 0 Å². The van der Waals surface area contributed by atoms with E-state index in [2.05, 4.69) is 5.32 Å². The van der Waals surface area contributed by atoms with E-state index in [9.17, 15) is 22.4 Å². The molecule has 7 nitrogen and oxygen atoms in total. The van der Waals surface area contributed by atoms with Crippen LogP contribution in [-0.4, -0.2) is 44.8 Å². The molecular formula is C31H29ClFN3O4S. The van der Waals surface area contributed by atoms with Crippen LogP contribution in [0.25, 0.3) is 0 Å². The number of rotatable bonds is 11. The summed E-state index contributed by atoms with van der Waals surface area (Å²) in [5.41, 5.74) is 1.66. The molecule has 0 radical (unpaired) electrons. The molecule has 212 valence electrons. The fourth-order valence-corrected chi connectivity index (χ4v) is 5.90. The number of carbonyl (C=O) groups excluding carboxylic acids is 2. The van der Waals surface area contributed by atoms with Crippen molar-refractivity contribution in [2.45, 2.75) is 23.9 Å². The minimum Gasteiger partial charge on any atom is -0.357 e. The molecule has 4 aromatic rings. The molecule has 4 rings (SSSR count). The molecule has 0 aliphatic carbocycles. The normalized spacial score (nSPS) is 11.9. The van der Waals surface area contributed by atoms with Gasteiger partial charge in [0.05, 0.1) is 10.6 Å². The van der Waals surface area contributed by atoms with Crippen molar-refractivity contribution >= 4 is 39.1 Å². The second-order valence-corrected chi connectivity index (χ2v) is 11.6. The Labute approximate surface area is 244 Å². The highest BCUT2D eigenvalue weighted by molar-refractivity contribution is 7.92. The Kier molecular flexibility index (Phi) is 9.75. The quantitative estimate of drug-likeness (QED) is 0.263. The number of sulfonamides is 1. The number of benzene rings is 4. The molecule has 0 saturated carbocycles. The second kappa shape index (κ2) is 13.4. The lowest BCUT2D eigenvalue weighted by Gasteiger charge is -2.33. The highest BCUT2D eigenvalue weighted by Crippen LogP contribution is 2.26. The van der Waals surface area contributed by atoms with Crippen molar-refractivity contribution in [1.29, 1.82) is 0 Å². The van der Waals surface area contributed by atoms with Gasteiger partial charge < -0.3 is 10.2 Å². The smallest absolute Gasteiger partial charge is 0.264 e. The van der Waals surface area contributed by atoms with Gasteiger partial charge in [-0.05, 0) is 59.7 Å². The van der Waals surface area contributed by atoms with Gasteiger partial charge in [0.1, 0.15) is 18.4 Å². The maximum Gasteiger partial charge on any atom is 0.264 e. The first-order chi connectivity index (χ1) is 19.7. The number of likely N-dealkylation sites (N-methyl/N-ethyl adjacent to an activating group) is 1. The van der Waals surface area contributed by atoms with Gasteiger partial charge >= 0.3 is 0 Å². The summed E-state index contributed by atoms with van der Waals surface area (Å²) >= 11 is 5.99. The first kappa shape index (κ1) is 29.8. The SMILES string of the molecule is CNC(=O)[C@@H](Cc1ccccc1)N(Cc1ccc(F)cc1)C(=O)CN(c1ccccc1)S(=O)(=O)c1ccc(Cl)cc1. The predicted molar refractivity (Wildman–Crippen MR) is 157 cm³/mol. The van der Waals surface area contributed by atoms with Crippen LogP contribution >= 0.6 is 11.6 Å². The van der Waals surface area contributed by atoms with Crippen molar-refractivity contribution in [2.24, 2.45) is 0 Å². The Morgan fingerprint density at radius 1 is 0.829 bits per heavy atom. The molecule has 4 aromatic carbocycles. The standard InChI is InChI=1S/C31H29ClFN3O4S/c1-34-31(38)29(20-23-8-4-2-5-9-23)35(21-24-12-16-26(33)17-13-24)30(37)22-36(27-10-6-3-7-11-27)41(39,40)28-18-14-25(32)15-19-28/h2-19,29H,20-22H2,1H3,(H,34,38)/t29-/m1/s1. The number of halogens is 2. The summed E-state index contributed by atoms with van der Waals surface area (Å²) in [6.45, 7) is -0.633. The Hall–Kier alpha value is -4.21. The van der Waals surface area contributed by atoms with E-state index in [-0.39, 0.29) is 23.5 Å². The van der Waals surface area contributed by atoms with Crippen LogP contribution in [0.4, 0.5) is 10.1 Å². The van der Waals surface area contributed by atoms with E-state index < -0.39 is 40.2 Å². The molecule has 0 saturated heterocycles.